The van der Waals surface area contributed by atoms with Gasteiger partial charge in [0, 0.05) is 37.2 Å². The van der Waals surface area contributed by atoms with Crippen LogP contribution in [-0.4, -0.2) is 68.5 Å². The molecule has 0 spiro atoms. The molecule has 0 aliphatic carbocycles. The van der Waals surface area contributed by atoms with Crippen LogP contribution in [-0.2, 0) is 22.5 Å². The molecule has 3 aromatic carbocycles. The molecular formula is C31H36N6O3. The molecule has 1 saturated heterocycles. The fraction of sp³-hybridized carbons (Fsp3) is 0.355. The summed E-state index contributed by atoms with van der Waals surface area (Å²) in [6, 6.07) is 26.4. The van der Waals surface area contributed by atoms with Crippen molar-refractivity contribution in [3.8, 4) is 17.1 Å². The van der Waals surface area contributed by atoms with Gasteiger partial charge in [-0.2, -0.15) is 4.80 Å². The Morgan fingerprint density at radius 1 is 1.07 bits per heavy atom. The second-order valence-electron chi connectivity index (χ2n) is 10.5. The van der Waals surface area contributed by atoms with E-state index in [1.165, 1.54) is 17.5 Å². The summed E-state index contributed by atoms with van der Waals surface area (Å²) in [4.78, 5) is 15.5. The topological polar surface area (TPSA) is 105 Å². The van der Waals surface area contributed by atoms with Crippen LogP contribution in [0.4, 0.5) is 0 Å². The van der Waals surface area contributed by atoms with Crippen LogP contribution >= 0.6 is 0 Å². The molecule has 0 radical (unpaired) electrons. The fourth-order valence-electron chi connectivity index (χ4n) is 5.55. The van der Waals surface area contributed by atoms with Gasteiger partial charge in [0.05, 0.1) is 19.7 Å². The van der Waals surface area contributed by atoms with E-state index >= 15 is 0 Å². The van der Waals surface area contributed by atoms with E-state index in [0.717, 1.165) is 42.7 Å². The van der Waals surface area contributed by atoms with Crippen molar-refractivity contribution < 1.29 is 14.6 Å². The summed E-state index contributed by atoms with van der Waals surface area (Å²) >= 11 is 0. The molecule has 1 fully saturated rings. The number of piperazine rings is 1. The number of carbonyl (C=O) groups excluding carboxylic acids is 1. The number of benzene rings is 3. The molecule has 2 heterocycles. The molecule has 9 heteroatoms. The van der Waals surface area contributed by atoms with E-state index in [1.807, 2.05) is 24.3 Å². The molecule has 9 nitrogen and oxygen atoms in total. The Morgan fingerprint density at radius 2 is 1.88 bits per heavy atom. The zero-order valence-electron chi connectivity index (χ0n) is 23.0. The molecule has 2 atom stereocenters. The van der Waals surface area contributed by atoms with E-state index in [2.05, 4.69) is 81.1 Å². The van der Waals surface area contributed by atoms with Crippen molar-refractivity contribution in [1.82, 2.24) is 30.4 Å². The Kier molecular flexibility index (Phi) is 8.52. The predicted octanol–water partition coefficient (Wildman–Crippen LogP) is 3.99. The molecule has 208 valence electrons. The van der Waals surface area contributed by atoms with Gasteiger partial charge in [-0.1, -0.05) is 66.7 Å². The first-order valence-electron chi connectivity index (χ1n) is 13.7. The van der Waals surface area contributed by atoms with Crippen LogP contribution in [0.2, 0.25) is 0 Å². The third kappa shape index (κ3) is 6.38. The zero-order valence-corrected chi connectivity index (χ0v) is 23.0. The average Bonchev–Trinajstić information content (AvgIpc) is 3.44. The second-order valence-corrected chi connectivity index (χ2v) is 10.5. The minimum atomic E-state index is -0.249. The first-order valence-corrected chi connectivity index (χ1v) is 13.7. The van der Waals surface area contributed by atoms with Crippen LogP contribution in [0.5, 0.6) is 5.75 Å². The highest BCUT2D eigenvalue weighted by Gasteiger charge is 2.40. The Balaban J connectivity index is 1.42. The van der Waals surface area contributed by atoms with E-state index < -0.39 is 0 Å². The highest BCUT2D eigenvalue weighted by atomic mass is 16.5. The third-order valence-corrected chi connectivity index (χ3v) is 7.56. The van der Waals surface area contributed by atoms with Gasteiger partial charge in [-0.25, -0.2) is 0 Å². The maximum Gasteiger partial charge on any atom is 0.305 e. The molecule has 5 rings (SSSR count). The number of nitrogens with one attached hydrogen (secondary N) is 1. The SMILES string of the molecule is COC(=O)CCCn1nnc(-c2ccc(C(c3cccc(O)c3)N3CCNCC3(C)Cc3ccccc3)cc2)n1. The lowest BCUT2D eigenvalue weighted by atomic mass is 9.84. The van der Waals surface area contributed by atoms with Gasteiger partial charge in [-0.05, 0) is 53.8 Å². The van der Waals surface area contributed by atoms with E-state index in [0.29, 0.717) is 25.2 Å². The van der Waals surface area contributed by atoms with Crippen LogP contribution in [0.25, 0.3) is 11.4 Å². The number of carbonyl (C=O) groups is 1. The van der Waals surface area contributed by atoms with E-state index in [-0.39, 0.29) is 23.3 Å². The molecule has 0 amide bonds. The van der Waals surface area contributed by atoms with Crippen LogP contribution < -0.4 is 5.32 Å². The van der Waals surface area contributed by atoms with Gasteiger partial charge in [-0.15, -0.1) is 10.2 Å². The lowest BCUT2D eigenvalue weighted by Crippen LogP contribution is -2.61. The maximum absolute atomic E-state index is 11.4. The first kappa shape index (κ1) is 27.5. The maximum atomic E-state index is 11.4. The Morgan fingerprint density at radius 3 is 2.62 bits per heavy atom. The van der Waals surface area contributed by atoms with Crippen molar-refractivity contribution in [1.29, 1.82) is 0 Å². The first-order chi connectivity index (χ1) is 19.4. The molecule has 1 aliphatic rings. The van der Waals surface area contributed by atoms with Crippen LogP contribution in [0, 0.1) is 0 Å². The van der Waals surface area contributed by atoms with Crippen LogP contribution in [0.3, 0.4) is 0 Å². The number of methoxy groups -OCH3 is 1. The number of aromatic hydroxyl groups is 1. The largest absolute Gasteiger partial charge is 0.508 e. The van der Waals surface area contributed by atoms with E-state index in [1.54, 1.807) is 6.07 Å². The quantitative estimate of drug-likeness (QED) is 0.291. The summed E-state index contributed by atoms with van der Waals surface area (Å²) in [5.74, 6) is 0.545. The molecule has 0 bridgehead atoms. The molecule has 1 aromatic heterocycles. The second kappa shape index (κ2) is 12.4. The molecular weight excluding hydrogens is 504 g/mol. The average molecular weight is 541 g/mol. The molecule has 0 saturated carbocycles. The smallest absolute Gasteiger partial charge is 0.305 e. The van der Waals surface area contributed by atoms with Crippen molar-refractivity contribution >= 4 is 5.97 Å². The minimum absolute atomic E-state index is 0.0566. The number of ether oxygens (including phenoxy) is 1. The number of aromatic nitrogens is 4. The van der Waals surface area contributed by atoms with Crippen molar-refractivity contribution in [3.63, 3.8) is 0 Å². The number of nitrogens with zero attached hydrogens (tertiary/aromatic N) is 5. The van der Waals surface area contributed by atoms with Crippen molar-refractivity contribution in [3.05, 3.63) is 95.6 Å². The monoisotopic (exact) mass is 540 g/mol. The molecule has 2 unspecified atom stereocenters. The van der Waals surface area contributed by atoms with Gasteiger partial charge in [0.1, 0.15) is 5.75 Å². The minimum Gasteiger partial charge on any atom is -0.508 e. The number of phenolic OH excluding ortho intramolecular Hbond substituents is 1. The fourth-order valence-corrected chi connectivity index (χ4v) is 5.55. The van der Waals surface area contributed by atoms with Crippen molar-refractivity contribution in [2.45, 2.75) is 44.3 Å². The van der Waals surface area contributed by atoms with E-state index in [4.69, 9.17) is 4.74 Å². The number of hydrogen-bond donors (Lipinski definition) is 2. The van der Waals surface area contributed by atoms with Gasteiger partial charge in [-0.3, -0.25) is 9.69 Å². The molecule has 2 N–H and O–H groups in total. The number of hydrogen-bond acceptors (Lipinski definition) is 8. The van der Waals surface area contributed by atoms with Gasteiger partial charge in [0.2, 0.25) is 5.82 Å². The number of esters is 1. The highest BCUT2D eigenvalue weighted by molar-refractivity contribution is 5.69. The van der Waals surface area contributed by atoms with Gasteiger partial charge >= 0.3 is 5.97 Å². The van der Waals surface area contributed by atoms with Crippen LogP contribution in [0.1, 0.15) is 42.5 Å². The Bertz CT molecular complexity index is 1410. The number of phenols is 1. The number of tetrazole rings is 1. The predicted molar refractivity (Wildman–Crippen MR) is 153 cm³/mol. The summed E-state index contributed by atoms with van der Waals surface area (Å²) < 4.78 is 4.69. The summed E-state index contributed by atoms with van der Waals surface area (Å²) in [7, 11) is 1.38. The molecule has 4 aromatic rings. The van der Waals surface area contributed by atoms with Gasteiger partial charge in [0.15, 0.2) is 0 Å². The van der Waals surface area contributed by atoms with Crippen molar-refractivity contribution in [2.75, 3.05) is 26.7 Å². The standard InChI is InChI=1S/C31H36N6O3/c1-31(21-23-8-4-3-5-9-23)22-32-17-19-36(31)29(26-10-6-11-27(38)20-26)24-13-15-25(16-14-24)30-33-35-37(34-30)18-7-12-28(39)40-2/h3-6,8-11,13-16,20,29,32,38H,7,12,17-19,21-22H2,1-2H3. The molecule has 40 heavy (non-hydrogen) atoms. The summed E-state index contributed by atoms with van der Waals surface area (Å²) in [5.41, 5.74) is 4.18. The molecule has 1 aliphatic heterocycles. The highest BCUT2D eigenvalue weighted by Crippen LogP contribution is 2.38. The number of aryl methyl sites for hydroxylation is 1. The summed E-state index contributed by atoms with van der Waals surface area (Å²) in [5, 5.41) is 26.9. The summed E-state index contributed by atoms with van der Waals surface area (Å²) in [6.45, 7) is 5.42. The lowest BCUT2D eigenvalue weighted by Gasteiger charge is -2.50. The van der Waals surface area contributed by atoms with Crippen molar-refractivity contribution in [2.24, 2.45) is 0 Å². The zero-order chi connectivity index (χ0) is 28.0. The number of rotatable bonds is 10. The normalized spacial score (nSPS) is 18.4. The summed E-state index contributed by atoms with van der Waals surface area (Å²) in [6.07, 6.45) is 1.80. The van der Waals surface area contributed by atoms with Crippen LogP contribution in [0.15, 0.2) is 78.9 Å². The van der Waals surface area contributed by atoms with Gasteiger partial charge < -0.3 is 15.2 Å². The third-order valence-electron chi connectivity index (χ3n) is 7.56. The van der Waals surface area contributed by atoms with E-state index in [9.17, 15) is 9.90 Å². The lowest BCUT2D eigenvalue weighted by molar-refractivity contribution is -0.140. The Hall–Kier alpha value is -4.08. The van der Waals surface area contributed by atoms with Gasteiger partial charge in [0.25, 0.3) is 0 Å². The Labute approximate surface area is 234 Å².